The molecule has 0 spiro atoms. The first-order valence-corrected chi connectivity index (χ1v) is 8.39. The van der Waals surface area contributed by atoms with E-state index in [1.54, 1.807) is 25.1 Å². The van der Waals surface area contributed by atoms with Gasteiger partial charge < -0.3 is 10.1 Å². The molecule has 0 fully saturated rings. The molecule has 0 aliphatic carbocycles. The molecule has 0 saturated carbocycles. The fourth-order valence-corrected chi connectivity index (χ4v) is 3.65. The number of thioether (sulfide) groups is 1. The minimum absolute atomic E-state index is 0.747. The molecular weight excluding hydrogens is 318 g/mol. The minimum atomic E-state index is 0.747. The first-order valence-electron chi connectivity index (χ1n) is 6.59. The zero-order chi connectivity index (χ0) is 15.4. The number of hydrogen-bond acceptors (Lipinski definition) is 7. The quantitative estimate of drug-likeness (QED) is 0.698. The van der Waals surface area contributed by atoms with E-state index < -0.39 is 0 Å². The van der Waals surface area contributed by atoms with Crippen molar-refractivity contribution in [3.63, 3.8) is 0 Å². The van der Waals surface area contributed by atoms with Gasteiger partial charge in [0, 0.05) is 24.7 Å². The van der Waals surface area contributed by atoms with Crippen molar-refractivity contribution in [3.8, 4) is 5.75 Å². The molecule has 0 radical (unpaired) electrons. The van der Waals surface area contributed by atoms with E-state index in [0.717, 1.165) is 32.4 Å². The summed E-state index contributed by atoms with van der Waals surface area (Å²) in [5.74, 6) is 1.60. The van der Waals surface area contributed by atoms with E-state index >= 15 is 0 Å². The van der Waals surface area contributed by atoms with E-state index in [1.165, 1.54) is 11.3 Å². The molecule has 0 bridgehead atoms. The number of benzene rings is 1. The summed E-state index contributed by atoms with van der Waals surface area (Å²) in [7, 11) is 3.58. The van der Waals surface area contributed by atoms with Crippen LogP contribution < -0.4 is 10.1 Å². The van der Waals surface area contributed by atoms with Crippen LogP contribution in [0, 0.1) is 0 Å². The Labute approximate surface area is 136 Å². The predicted molar refractivity (Wildman–Crippen MR) is 89.0 cm³/mol. The molecule has 0 unspecified atom stereocenters. The van der Waals surface area contributed by atoms with Crippen LogP contribution in [0.3, 0.4) is 0 Å². The van der Waals surface area contributed by atoms with Gasteiger partial charge in [-0.3, -0.25) is 4.68 Å². The molecule has 0 atom stereocenters. The van der Waals surface area contributed by atoms with E-state index in [-0.39, 0.29) is 0 Å². The number of para-hydroxylation sites is 2. The average Bonchev–Trinajstić information content (AvgIpc) is 3.15. The molecule has 3 aromatic rings. The van der Waals surface area contributed by atoms with Gasteiger partial charge in [-0.15, -0.1) is 10.2 Å². The van der Waals surface area contributed by atoms with Gasteiger partial charge in [-0.2, -0.15) is 5.10 Å². The Bertz CT molecular complexity index is 755. The summed E-state index contributed by atoms with van der Waals surface area (Å²) < 4.78 is 8.09. The number of ether oxygens (including phenoxy) is 1. The number of rotatable bonds is 6. The standard InChI is InChI=1S/C14H15N5OS2/c1-19-10(7-8-15-19)9-21-14-18-17-13(22-14)16-11-5-3-4-6-12(11)20-2/h3-8H,9H2,1-2H3,(H,16,17). The third-order valence-electron chi connectivity index (χ3n) is 3.02. The Kier molecular flexibility index (Phi) is 4.59. The summed E-state index contributed by atoms with van der Waals surface area (Å²) in [5, 5.41) is 16.5. The third-order valence-corrected chi connectivity index (χ3v) is 5.03. The highest BCUT2D eigenvalue weighted by Crippen LogP contribution is 2.32. The third kappa shape index (κ3) is 3.40. The molecule has 1 aromatic carbocycles. The van der Waals surface area contributed by atoms with Crippen LogP contribution in [0.15, 0.2) is 40.9 Å². The van der Waals surface area contributed by atoms with Gasteiger partial charge in [0.25, 0.3) is 0 Å². The van der Waals surface area contributed by atoms with Gasteiger partial charge >= 0.3 is 0 Å². The van der Waals surface area contributed by atoms with Crippen LogP contribution in [0.2, 0.25) is 0 Å². The maximum absolute atomic E-state index is 5.31. The number of aromatic nitrogens is 4. The number of methoxy groups -OCH3 is 1. The largest absolute Gasteiger partial charge is 0.495 e. The Hall–Kier alpha value is -2.06. The average molecular weight is 333 g/mol. The van der Waals surface area contributed by atoms with Crippen LogP contribution in [0.1, 0.15) is 5.69 Å². The van der Waals surface area contributed by atoms with Crippen molar-refractivity contribution in [2.24, 2.45) is 7.05 Å². The Morgan fingerprint density at radius 3 is 2.91 bits per heavy atom. The highest BCUT2D eigenvalue weighted by Gasteiger charge is 2.09. The summed E-state index contributed by atoms with van der Waals surface area (Å²) in [6.07, 6.45) is 1.80. The van der Waals surface area contributed by atoms with Crippen molar-refractivity contribution in [3.05, 3.63) is 42.2 Å². The van der Waals surface area contributed by atoms with Gasteiger partial charge in [0.15, 0.2) is 4.34 Å². The smallest absolute Gasteiger partial charge is 0.210 e. The molecule has 8 heteroatoms. The molecule has 0 amide bonds. The number of hydrogen-bond donors (Lipinski definition) is 1. The second-order valence-corrected chi connectivity index (χ2v) is 6.63. The molecule has 6 nitrogen and oxygen atoms in total. The molecule has 2 aromatic heterocycles. The van der Waals surface area contributed by atoms with Crippen LogP contribution in [0.4, 0.5) is 10.8 Å². The van der Waals surface area contributed by atoms with Crippen LogP contribution in [-0.4, -0.2) is 27.1 Å². The number of anilines is 2. The van der Waals surface area contributed by atoms with E-state index in [4.69, 9.17) is 4.74 Å². The first-order chi connectivity index (χ1) is 10.8. The molecule has 2 heterocycles. The van der Waals surface area contributed by atoms with Gasteiger partial charge in [-0.05, 0) is 18.2 Å². The van der Waals surface area contributed by atoms with Gasteiger partial charge in [-0.1, -0.05) is 35.2 Å². The van der Waals surface area contributed by atoms with Crippen LogP contribution >= 0.6 is 23.1 Å². The molecule has 0 aliphatic rings. The Morgan fingerprint density at radius 2 is 2.14 bits per heavy atom. The zero-order valence-corrected chi connectivity index (χ0v) is 13.8. The van der Waals surface area contributed by atoms with Crippen molar-refractivity contribution in [2.75, 3.05) is 12.4 Å². The van der Waals surface area contributed by atoms with Crippen LogP contribution in [-0.2, 0) is 12.8 Å². The molecule has 114 valence electrons. The van der Waals surface area contributed by atoms with Gasteiger partial charge in [0.1, 0.15) is 5.75 Å². The molecule has 0 aliphatic heterocycles. The van der Waals surface area contributed by atoms with E-state index in [0.29, 0.717) is 0 Å². The normalized spacial score (nSPS) is 10.6. The lowest BCUT2D eigenvalue weighted by atomic mass is 10.3. The molecule has 3 rings (SSSR count). The Balaban J connectivity index is 1.65. The fourth-order valence-electron chi connectivity index (χ4n) is 1.86. The summed E-state index contributed by atoms with van der Waals surface area (Å²) in [5.41, 5.74) is 2.03. The van der Waals surface area contributed by atoms with E-state index in [2.05, 4.69) is 20.6 Å². The van der Waals surface area contributed by atoms with Crippen molar-refractivity contribution in [2.45, 2.75) is 10.1 Å². The van der Waals surface area contributed by atoms with Gasteiger partial charge in [0.05, 0.1) is 12.8 Å². The maximum atomic E-state index is 5.31. The van der Waals surface area contributed by atoms with Gasteiger partial charge in [-0.25, -0.2) is 0 Å². The maximum Gasteiger partial charge on any atom is 0.210 e. The molecular formula is C14H15N5OS2. The lowest BCUT2D eigenvalue weighted by Crippen LogP contribution is -1.95. The van der Waals surface area contributed by atoms with Gasteiger partial charge in [0.2, 0.25) is 5.13 Å². The van der Waals surface area contributed by atoms with E-state index in [9.17, 15) is 0 Å². The summed E-state index contributed by atoms with van der Waals surface area (Å²) >= 11 is 3.17. The predicted octanol–water partition coefficient (Wildman–Crippen LogP) is 3.32. The number of nitrogens with zero attached hydrogens (tertiary/aromatic N) is 4. The number of nitrogens with one attached hydrogen (secondary N) is 1. The van der Waals surface area contributed by atoms with Crippen LogP contribution in [0.25, 0.3) is 0 Å². The lowest BCUT2D eigenvalue weighted by Gasteiger charge is -2.07. The first kappa shape index (κ1) is 14.9. The second kappa shape index (κ2) is 6.80. The van der Waals surface area contributed by atoms with Crippen molar-refractivity contribution >= 4 is 33.9 Å². The van der Waals surface area contributed by atoms with Crippen molar-refractivity contribution in [1.29, 1.82) is 0 Å². The highest BCUT2D eigenvalue weighted by atomic mass is 32.2. The topological polar surface area (TPSA) is 64.9 Å². The zero-order valence-electron chi connectivity index (χ0n) is 12.2. The minimum Gasteiger partial charge on any atom is -0.495 e. The van der Waals surface area contributed by atoms with E-state index in [1.807, 2.05) is 42.1 Å². The summed E-state index contributed by atoms with van der Waals surface area (Å²) in [6, 6.07) is 9.73. The fraction of sp³-hybridized carbons (Fsp3) is 0.214. The second-order valence-electron chi connectivity index (χ2n) is 4.43. The molecule has 22 heavy (non-hydrogen) atoms. The van der Waals surface area contributed by atoms with Crippen molar-refractivity contribution in [1.82, 2.24) is 20.0 Å². The lowest BCUT2D eigenvalue weighted by molar-refractivity contribution is 0.417. The highest BCUT2D eigenvalue weighted by molar-refractivity contribution is 8.00. The summed E-state index contributed by atoms with van der Waals surface area (Å²) in [6.45, 7) is 0. The van der Waals surface area contributed by atoms with Crippen molar-refractivity contribution < 1.29 is 4.74 Å². The Morgan fingerprint density at radius 1 is 1.27 bits per heavy atom. The SMILES string of the molecule is COc1ccccc1Nc1nnc(SCc2ccnn2C)s1. The molecule has 1 N–H and O–H groups in total. The summed E-state index contributed by atoms with van der Waals surface area (Å²) in [4.78, 5) is 0. The monoisotopic (exact) mass is 333 g/mol. The number of aryl methyl sites for hydroxylation is 1. The molecule has 0 saturated heterocycles. The van der Waals surface area contributed by atoms with Crippen LogP contribution in [0.5, 0.6) is 5.75 Å².